The van der Waals surface area contributed by atoms with Crippen LogP contribution in [0.3, 0.4) is 0 Å². The van der Waals surface area contributed by atoms with Gasteiger partial charge in [-0.25, -0.2) is 9.18 Å². The van der Waals surface area contributed by atoms with Crippen molar-refractivity contribution >= 4 is 22.6 Å². The number of aliphatic hydroxyl groups excluding tert-OH is 2. The fourth-order valence-corrected chi connectivity index (χ4v) is 4.92. The maximum absolute atomic E-state index is 15.0. The Morgan fingerprint density at radius 1 is 1.10 bits per heavy atom. The van der Waals surface area contributed by atoms with Gasteiger partial charge >= 0.3 is 5.97 Å². The molecule has 4 rings (SSSR count). The van der Waals surface area contributed by atoms with E-state index in [0.29, 0.717) is 30.0 Å². The molecule has 0 aliphatic carbocycles. The van der Waals surface area contributed by atoms with Crippen molar-refractivity contribution in [3.8, 4) is 5.75 Å². The predicted molar refractivity (Wildman–Crippen MR) is 153 cm³/mol. The van der Waals surface area contributed by atoms with Crippen LogP contribution < -0.4 is 25.7 Å². The van der Waals surface area contributed by atoms with Crippen molar-refractivity contribution in [3.05, 3.63) is 33.9 Å². The maximum atomic E-state index is 15.0. The van der Waals surface area contributed by atoms with Crippen molar-refractivity contribution in [2.24, 2.45) is 0 Å². The summed E-state index contributed by atoms with van der Waals surface area (Å²) < 4.78 is 22.6. The Balaban J connectivity index is 0.000000270. The first-order chi connectivity index (χ1) is 19.2. The minimum Gasteiger partial charge on any atom is -0.487 e. The molecule has 1 unspecified atom stereocenters. The summed E-state index contributed by atoms with van der Waals surface area (Å²) in [5.74, 6) is -1.54. The number of halogens is 1. The molecule has 224 valence electrons. The number of rotatable bonds is 11. The van der Waals surface area contributed by atoms with E-state index in [9.17, 15) is 19.1 Å². The van der Waals surface area contributed by atoms with E-state index < -0.39 is 17.2 Å². The van der Waals surface area contributed by atoms with Crippen LogP contribution in [-0.2, 0) is 0 Å². The number of carboxylic acids is 1. The SMILES string of the molecule is CC1COc2c(N3CCN(C)CC3)c(F)cc3c(=O)c(C(=O)O)cn1c23.CC[C@@H](CO)NCCN[C@@H](CC)CO. The number of pyridine rings is 1. The molecule has 1 aromatic carbocycles. The zero-order valence-corrected chi connectivity index (χ0v) is 24.0. The Kier molecular flexibility index (Phi) is 11.7. The van der Waals surface area contributed by atoms with Gasteiger partial charge in [0.05, 0.1) is 30.2 Å². The number of piperazine rings is 1. The molecule has 11 nitrogen and oxygen atoms in total. The van der Waals surface area contributed by atoms with E-state index >= 15 is 0 Å². The molecule has 2 aliphatic rings. The highest BCUT2D eigenvalue weighted by Gasteiger charge is 2.30. The number of aromatic nitrogens is 1. The molecule has 2 aliphatic heterocycles. The van der Waals surface area contributed by atoms with Crippen molar-refractivity contribution in [2.45, 2.75) is 51.7 Å². The van der Waals surface area contributed by atoms with Crippen LogP contribution in [0, 0.1) is 5.82 Å². The van der Waals surface area contributed by atoms with Crippen LogP contribution in [0.25, 0.3) is 10.9 Å². The number of likely N-dealkylation sites (N-methyl/N-ethyl adjacent to an activating group) is 1. The smallest absolute Gasteiger partial charge is 0.341 e. The summed E-state index contributed by atoms with van der Waals surface area (Å²) >= 11 is 0. The first-order valence-electron chi connectivity index (χ1n) is 14.1. The van der Waals surface area contributed by atoms with E-state index in [1.807, 2.05) is 32.7 Å². The van der Waals surface area contributed by atoms with E-state index in [1.165, 1.54) is 6.20 Å². The van der Waals surface area contributed by atoms with Crippen molar-refractivity contribution in [1.82, 2.24) is 20.1 Å². The summed E-state index contributed by atoms with van der Waals surface area (Å²) in [7, 11) is 2.02. The predicted octanol–water partition coefficient (Wildman–Crippen LogP) is 1.25. The molecular weight excluding hydrogens is 521 g/mol. The lowest BCUT2D eigenvalue weighted by molar-refractivity contribution is 0.0694. The van der Waals surface area contributed by atoms with Crippen LogP contribution in [0.4, 0.5) is 10.1 Å². The van der Waals surface area contributed by atoms with Gasteiger partial charge in [-0.2, -0.15) is 0 Å². The van der Waals surface area contributed by atoms with Crippen LogP contribution in [-0.4, -0.2) is 109 Å². The zero-order chi connectivity index (χ0) is 29.4. The number of hydrogen-bond donors (Lipinski definition) is 5. The first kappa shape index (κ1) is 31.8. The Morgan fingerprint density at radius 2 is 1.68 bits per heavy atom. The highest BCUT2D eigenvalue weighted by Crippen LogP contribution is 2.42. The van der Waals surface area contributed by atoms with Gasteiger partial charge in [-0.05, 0) is 32.9 Å². The molecular formula is C28H44FN5O6. The van der Waals surface area contributed by atoms with Crippen molar-refractivity contribution in [3.63, 3.8) is 0 Å². The number of nitrogens with zero attached hydrogens (tertiary/aromatic N) is 3. The third-order valence-corrected chi connectivity index (χ3v) is 7.61. The minimum atomic E-state index is -1.32. The quantitative estimate of drug-likeness (QED) is 0.253. The van der Waals surface area contributed by atoms with Crippen LogP contribution in [0.5, 0.6) is 5.75 Å². The lowest BCUT2D eigenvalue weighted by Gasteiger charge is -2.37. The number of nitrogens with one attached hydrogen (secondary N) is 2. The van der Waals surface area contributed by atoms with E-state index in [2.05, 4.69) is 15.5 Å². The fourth-order valence-electron chi connectivity index (χ4n) is 4.92. The van der Waals surface area contributed by atoms with Gasteiger partial charge in [0, 0.05) is 57.5 Å². The number of aromatic carboxylic acids is 1. The molecule has 3 atom stereocenters. The van der Waals surface area contributed by atoms with E-state index in [1.54, 1.807) is 4.57 Å². The molecule has 1 fully saturated rings. The molecule has 12 heteroatoms. The second-order valence-corrected chi connectivity index (χ2v) is 10.5. The molecule has 0 radical (unpaired) electrons. The Hall–Kier alpha value is -2.77. The molecule has 0 bridgehead atoms. The minimum absolute atomic E-state index is 0.0434. The Morgan fingerprint density at radius 3 is 2.17 bits per heavy atom. The third kappa shape index (κ3) is 7.29. The van der Waals surface area contributed by atoms with E-state index in [4.69, 9.17) is 14.9 Å². The second kappa shape index (κ2) is 14.7. The van der Waals surface area contributed by atoms with Gasteiger partial charge in [-0.15, -0.1) is 0 Å². The van der Waals surface area contributed by atoms with E-state index in [0.717, 1.165) is 45.1 Å². The standard InChI is InChI=1S/C18H20FN3O4.C10H24N2O2/c1-10-9-26-17-14-11(16(23)12(18(24)25)8-22(10)14)7-13(19)15(17)21-5-3-20(2)4-6-21;1-3-9(7-13)11-5-6-12-10(4-2)8-14/h7-8,10H,3-6,9H2,1-2H3,(H,24,25);9-14H,3-8H2,1-2H3/t;9-,10-/m.0/s1. The maximum Gasteiger partial charge on any atom is 0.341 e. The van der Waals surface area contributed by atoms with Gasteiger partial charge in [-0.1, -0.05) is 13.8 Å². The molecule has 40 heavy (non-hydrogen) atoms. The van der Waals surface area contributed by atoms with Gasteiger partial charge in [0.15, 0.2) is 11.6 Å². The summed E-state index contributed by atoms with van der Waals surface area (Å²) in [6, 6.07) is 1.39. The van der Waals surface area contributed by atoms with Gasteiger partial charge in [0.25, 0.3) is 0 Å². The lowest BCUT2D eigenvalue weighted by Crippen LogP contribution is -2.45. The monoisotopic (exact) mass is 565 g/mol. The zero-order valence-electron chi connectivity index (χ0n) is 24.0. The van der Waals surface area contributed by atoms with Crippen LogP contribution in [0.2, 0.25) is 0 Å². The first-order valence-corrected chi connectivity index (χ1v) is 14.1. The molecule has 1 saturated heterocycles. The largest absolute Gasteiger partial charge is 0.487 e. The number of aliphatic hydroxyl groups is 2. The Labute approximate surface area is 234 Å². The van der Waals surface area contributed by atoms with Crippen molar-refractivity contribution in [1.29, 1.82) is 0 Å². The van der Waals surface area contributed by atoms with Gasteiger partial charge in [0.2, 0.25) is 5.43 Å². The summed E-state index contributed by atoms with van der Waals surface area (Å²) in [4.78, 5) is 28.1. The number of carbonyl (C=O) groups is 1. The van der Waals surface area contributed by atoms with Crippen LogP contribution >= 0.6 is 0 Å². The topological polar surface area (TPSA) is 140 Å². The lowest BCUT2D eigenvalue weighted by atomic mass is 10.1. The van der Waals surface area contributed by atoms with Crippen molar-refractivity contribution < 1.29 is 29.2 Å². The summed E-state index contributed by atoms with van der Waals surface area (Å²) in [5.41, 5.74) is -0.224. The second-order valence-electron chi connectivity index (χ2n) is 10.5. The molecule has 0 spiro atoms. The third-order valence-electron chi connectivity index (χ3n) is 7.61. The number of carboxylic acid groups (broad SMARTS) is 1. The van der Waals surface area contributed by atoms with Gasteiger partial charge in [0.1, 0.15) is 17.9 Å². The van der Waals surface area contributed by atoms with E-state index in [-0.39, 0.29) is 48.9 Å². The number of benzene rings is 1. The molecule has 0 amide bonds. The summed E-state index contributed by atoms with van der Waals surface area (Å²) in [5, 5.41) is 33.6. The number of anilines is 1. The fraction of sp³-hybridized carbons (Fsp3) is 0.643. The molecule has 1 aromatic heterocycles. The number of hydrogen-bond acceptors (Lipinski definition) is 9. The van der Waals surface area contributed by atoms with Crippen LogP contribution in [0.1, 0.15) is 50.0 Å². The molecule has 5 N–H and O–H groups in total. The molecule has 2 aromatic rings. The number of ether oxygens (including phenoxy) is 1. The van der Waals surface area contributed by atoms with Crippen molar-refractivity contribution in [2.75, 3.05) is 71.0 Å². The van der Waals surface area contributed by atoms with Crippen LogP contribution in [0.15, 0.2) is 17.1 Å². The van der Waals surface area contributed by atoms with Gasteiger partial charge in [-0.3, -0.25) is 4.79 Å². The Bertz CT molecular complexity index is 1180. The van der Waals surface area contributed by atoms with Gasteiger partial charge < -0.3 is 45.1 Å². The average molecular weight is 566 g/mol. The summed E-state index contributed by atoms with van der Waals surface area (Å²) in [6.07, 6.45) is 3.22. The average Bonchev–Trinajstić information content (AvgIpc) is 2.94. The summed E-state index contributed by atoms with van der Waals surface area (Å²) in [6.45, 7) is 11.2. The molecule has 0 saturated carbocycles. The molecule has 3 heterocycles. The normalized spacial score (nSPS) is 18.6. The highest BCUT2D eigenvalue weighted by molar-refractivity contribution is 5.97. The highest BCUT2D eigenvalue weighted by atomic mass is 19.1.